The molecular formula is C21H17BrN4O4S. The Morgan fingerprint density at radius 3 is 2.81 bits per heavy atom. The lowest BCUT2D eigenvalue weighted by molar-refractivity contribution is -0.764. The number of halogens is 1. The van der Waals surface area contributed by atoms with E-state index in [2.05, 4.69) is 26.0 Å². The number of thioether (sulfide) groups is 1. The summed E-state index contributed by atoms with van der Waals surface area (Å²) in [5.74, 6) is 1.33. The Kier molecular flexibility index (Phi) is 4.98. The first kappa shape index (κ1) is 20.1. The monoisotopic (exact) mass is 500 g/mol. The van der Waals surface area contributed by atoms with Crippen molar-refractivity contribution in [2.75, 3.05) is 17.4 Å². The average molecular weight is 501 g/mol. The maximum atomic E-state index is 13.1. The van der Waals surface area contributed by atoms with E-state index < -0.39 is 6.17 Å². The number of carbonyl (C=O) groups excluding carboxylic acids is 1. The maximum absolute atomic E-state index is 13.1. The Hall–Kier alpha value is -2.85. The highest BCUT2D eigenvalue weighted by Gasteiger charge is 2.45. The first-order valence-electron chi connectivity index (χ1n) is 9.61. The highest BCUT2D eigenvalue weighted by molar-refractivity contribution is 9.10. The Labute approximate surface area is 190 Å². The van der Waals surface area contributed by atoms with Crippen LogP contribution in [-0.4, -0.2) is 28.5 Å². The first-order valence-corrected chi connectivity index (χ1v) is 11.4. The van der Waals surface area contributed by atoms with Crippen LogP contribution in [0.15, 0.2) is 46.0 Å². The largest absolute Gasteiger partial charge is 0.854 e. The number of para-hydroxylation sites is 1. The third-order valence-electron chi connectivity index (χ3n) is 5.10. The molecule has 2 aliphatic rings. The molecule has 0 radical (unpaired) electrons. The fourth-order valence-corrected chi connectivity index (χ4v) is 4.96. The molecule has 0 N–H and O–H groups in total. The van der Waals surface area contributed by atoms with Crippen LogP contribution in [0.2, 0.25) is 0 Å². The van der Waals surface area contributed by atoms with E-state index in [1.165, 1.54) is 18.7 Å². The fourth-order valence-electron chi connectivity index (χ4n) is 3.88. The molecule has 0 aliphatic carbocycles. The number of ether oxygens (including phenoxy) is 2. The molecule has 31 heavy (non-hydrogen) atoms. The van der Waals surface area contributed by atoms with Crippen LogP contribution < -0.4 is 24.2 Å². The molecular weight excluding hydrogens is 484 g/mol. The van der Waals surface area contributed by atoms with Gasteiger partial charge in [-0.3, -0.25) is 4.79 Å². The minimum absolute atomic E-state index is 0.128. The van der Waals surface area contributed by atoms with E-state index in [-0.39, 0.29) is 18.6 Å². The fraction of sp³-hybridized carbons (Fsp3) is 0.238. The van der Waals surface area contributed by atoms with Crippen molar-refractivity contribution >= 4 is 39.3 Å². The summed E-state index contributed by atoms with van der Waals surface area (Å²) in [6.07, 6.45) is -0.710. The van der Waals surface area contributed by atoms with Crippen molar-refractivity contribution in [2.45, 2.75) is 25.2 Å². The van der Waals surface area contributed by atoms with Crippen LogP contribution in [0.3, 0.4) is 0 Å². The summed E-state index contributed by atoms with van der Waals surface area (Å²) >= 11 is 4.98. The molecule has 0 spiro atoms. The van der Waals surface area contributed by atoms with Crippen molar-refractivity contribution in [1.29, 1.82) is 0 Å². The normalized spacial score (nSPS) is 16.1. The second kappa shape index (κ2) is 7.69. The second-order valence-corrected chi connectivity index (χ2v) is 9.02. The average Bonchev–Trinajstić information content (AvgIpc) is 3.19. The highest BCUT2D eigenvalue weighted by atomic mass is 79.9. The topological polar surface area (TPSA) is 91.5 Å². The second-order valence-electron chi connectivity index (χ2n) is 6.93. The quantitative estimate of drug-likeness (QED) is 0.403. The zero-order chi connectivity index (χ0) is 21.7. The van der Waals surface area contributed by atoms with Gasteiger partial charge in [0.2, 0.25) is 12.7 Å². The predicted molar refractivity (Wildman–Crippen MR) is 115 cm³/mol. The van der Waals surface area contributed by atoms with E-state index in [9.17, 15) is 9.90 Å². The molecule has 0 bridgehead atoms. The molecule has 0 saturated carbocycles. The zero-order valence-electron chi connectivity index (χ0n) is 16.7. The van der Waals surface area contributed by atoms with E-state index in [4.69, 9.17) is 9.47 Å². The number of benzene rings is 2. The van der Waals surface area contributed by atoms with Gasteiger partial charge in [0, 0.05) is 16.5 Å². The molecule has 3 aromatic rings. The number of hydrogen-bond donors (Lipinski definition) is 0. The number of rotatable bonds is 3. The lowest BCUT2D eigenvalue weighted by Gasteiger charge is -2.33. The number of anilines is 1. The molecule has 2 aliphatic heterocycles. The third-order valence-corrected chi connectivity index (χ3v) is 6.51. The standard InChI is InChI=1S/C21H17BrN4O4S/c1-3-31-21-23-19(28)18-12-6-4-5-7-15(12)25(11(2)27)20(26(18)24-21)13-8-16-17(9-14(13)22)30-10-29-16/h4-9,20H,3,10H2,1-2H3. The summed E-state index contributed by atoms with van der Waals surface area (Å²) in [4.78, 5) is 18.7. The Balaban J connectivity index is 1.83. The number of hydrogen-bond acceptors (Lipinski definition) is 7. The molecule has 8 nitrogen and oxygen atoms in total. The molecule has 1 aromatic heterocycles. The molecule has 1 amide bonds. The Morgan fingerprint density at radius 2 is 2.06 bits per heavy atom. The van der Waals surface area contributed by atoms with Gasteiger partial charge in [-0.25, -0.2) is 9.88 Å². The van der Waals surface area contributed by atoms with E-state index in [1.54, 1.807) is 21.7 Å². The maximum Gasteiger partial charge on any atom is 0.294 e. The molecule has 158 valence electrons. The van der Waals surface area contributed by atoms with Crippen LogP contribution in [0.1, 0.15) is 25.6 Å². The van der Waals surface area contributed by atoms with Gasteiger partial charge >= 0.3 is 0 Å². The van der Waals surface area contributed by atoms with Crippen LogP contribution >= 0.6 is 27.7 Å². The highest BCUT2D eigenvalue weighted by Crippen LogP contribution is 2.45. The summed E-state index contributed by atoms with van der Waals surface area (Å²) in [5, 5.41) is 18.1. The molecule has 3 heterocycles. The minimum Gasteiger partial charge on any atom is -0.854 e. The van der Waals surface area contributed by atoms with E-state index in [1.807, 2.05) is 31.2 Å². The van der Waals surface area contributed by atoms with Gasteiger partial charge in [-0.2, -0.15) is 0 Å². The van der Waals surface area contributed by atoms with Crippen molar-refractivity contribution in [3.05, 3.63) is 46.4 Å². The summed E-state index contributed by atoms with van der Waals surface area (Å²) < 4.78 is 13.3. The van der Waals surface area contributed by atoms with Crippen molar-refractivity contribution in [3.63, 3.8) is 0 Å². The number of amides is 1. The van der Waals surface area contributed by atoms with Crippen LogP contribution in [0.5, 0.6) is 17.4 Å². The zero-order valence-corrected chi connectivity index (χ0v) is 19.1. The smallest absolute Gasteiger partial charge is 0.294 e. The van der Waals surface area contributed by atoms with Crippen LogP contribution in [-0.2, 0) is 4.79 Å². The SMILES string of the molecule is CCSc1nc([O-])c2[n+](n1)C(c1cc3c(cc1Br)OCO3)N(C(C)=O)c1ccccc1-2. The summed E-state index contributed by atoms with van der Waals surface area (Å²) in [6.45, 7) is 3.59. The molecule has 10 heteroatoms. The van der Waals surface area contributed by atoms with Crippen LogP contribution in [0.4, 0.5) is 5.69 Å². The number of aromatic nitrogens is 3. The van der Waals surface area contributed by atoms with Gasteiger partial charge in [0.25, 0.3) is 17.0 Å². The van der Waals surface area contributed by atoms with Gasteiger partial charge in [-0.15, -0.1) is 0 Å². The van der Waals surface area contributed by atoms with Crippen LogP contribution in [0, 0.1) is 0 Å². The van der Waals surface area contributed by atoms with Crippen molar-refractivity contribution in [2.24, 2.45) is 0 Å². The summed E-state index contributed by atoms with van der Waals surface area (Å²) in [6, 6.07) is 10.9. The molecule has 0 fully saturated rings. The Bertz CT molecular complexity index is 1220. The minimum atomic E-state index is -0.710. The predicted octanol–water partition coefficient (Wildman–Crippen LogP) is 3.02. The third kappa shape index (κ3) is 3.21. The van der Waals surface area contributed by atoms with Crippen molar-refractivity contribution in [3.8, 4) is 28.6 Å². The van der Waals surface area contributed by atoms with E-state index in [0.717, 1.165) is 0 Å². The van der Waals surface area contributed by atoms with Crippen molar-refractivity contribution in [1.82, 2.24) is 10.1 Å². The van der Waals surface area contributed by atoms with Gasteiger partial charge in [0.1, 0.15) is 0 Å². The number of carbonyl (C=O) groups is 1. The number of nitrogens with zero attached hydrogens (tertiary/aromatic N) is 4. The van der Waals surface area contributed by atoms with Gasteiger partial charge in [-0.1, -0.05) is 51.4 Å². The van der Waals surface area contributed by atoms with Crippen molar-refractivity contribution < 1.29 is 24.1 Å². The van der Waals surface area contributed by atoms with E-state index in [0.29, 0.717) is 49.4 Å². The summed E-state index contributed by atoms with van der Waals surface area (Å²) in [5.41, 5.74) is 2.29. The lowest BCUT2D eigenvalue weighted by atomic mass is 10.0. The molecule has 1 unspecified atom stereocenters. The first-order chi connectivity index (χ1) is 15.0. The molecule has 5 rings (SSSR count). The molecule has 2 aromatic carbocycles. The van der Waals surface area contributed by atoms with Crippen LogP contribution in [0.25, 0.3) is 11.3 Å². The summed E-state index contributed by atoms with van der Waals surface area (Å²) in [7, 11) is 0. The molecule has 0 saturated heterocycles. The van der Waals surface area contributed by atoms with Gasteiger partial charge in [0.05, 0.1) is 22.7 Å². The Morgan fingerprint density at radius 1 is 1.32 bits per heavy atom. The van der Waals surface area contributed by atoms with Gasteiger partial charge < -0.3 is 14.6 Å². The molecule has 1 atom stereocenters. The lowest BCUT2D eigenvalue weighted by Crippen LogP contribution is -2.58. The number of fused-ring (bicyclic) bond motifs is 4. The van der Waals surface area contributed by atoms with Gasteiger partial charge in [-0.05, 0) is 30.0 Å². The van der Waals surface area contributed by atoms with E-state index >= 15 is 0 Å². The van der Waals surface area contributed by atoms with Gasteiger partial charge in [0.15, 0.2) is 11.5 Å².